The fraction of sp³-hybridized carbons (Fsp3) is 0.242. The largest absolute Gasteiger partial charge is 0.465 e. The van der Waals surface area contributed by atoms with Gasteiger partial charge in [-0.15, -0.1) is 70.6 Å². The number of nitrogens with zero attached hydrogens (tertiary/aromatic N) is 4. The standard InChI is InChI=1S/C62H64N4O6S10/c1-63(2)59(68)79-48-18-10-41(11-19-48)35-73-52-26-45(27-53(32-52)74-36-42-12-20-49(21-13-42)80-60(69)64(3)4)39-77-56-30-47(58(67)72-9)31-57(34-56)78-40-46-28-54(75-37-43-14-22-50(23-15-43)81-61(70)65(5)6)33-55(29-46)76-38-44-16-24-51(25-17-44)82-62(71)66(7)8/h10-34H,35-40H2,1-9H3. The zero-order chi connectivity index (χ0) is 58.7. The molecule has 428 valence electrons. The lowest BCUT2D eigenvalue weighted by Crippen LogP contribution is -2.15. The molecule has 7 rings (SSSR count). The molecule has 0 heterocycles. The van der Waals surface area contributed by atoms with Crippen molar-refractivity contribution in [1.29, 1.82) is 0 Å². The first-order valence-electron chi connectivity index (χ1n) is 25.5. The Kier molecular flexibility index (Phi) is 25.8. The van der Waals surface area contributed by atoms with Crippen molar-refractivity contribution in [1.82, 2.24) is 19.6 Å². The summed E-state index contributed by atoms with van der Waals surface area (Å²) in [5, 5.41) is -0.0487. The first-order valence-corrected chi connectivity index (χ1v) is 34.7. The van der Waals surface area contributed by atoms with E-state index in [0.29, 0.717) is 17.1 Å². The zero-order valence-corrected chi connectivity index (χ0v) is 55.2. The van der Waals surface area contributed by atoms with E-state index in [1.54, 1.807) is 147 Å². The van der Waals surface area contributed by atoms with Crippen molar-refractivity contribution < 1.29 is 28.7 Å². The minimum absolute atomic E-state index is 0.0122. The van der Waals surface area contributed by atoms with Crippen LogP contribution in [0, 0.1) is 0 Å². The van der Waals surface area contributed by atoms with Gasteiger partial charge in [0.2, 0.25) is 0 Å². The SMILES string of the molecule is COC(=O)c1cc(SCc2cc(SCc3ccc(SC(=O)N(C)C)cc3)cc(SCc3ccc(SC(=O)N(C)C)cc3)c2)cc(SCc2cc(SCc3ccc(SC(=O)N(C)C)cc3)cc(SCc3ccc(SC(=O)N(C)C)cc3)c2)c1. The summed E-state index contributed by atoms with van der Waals surface area (Å²) >= 11 is 15.3. The summed E-state index contributed by atoms with van der Waals surface area (Å²) in [7, 11) is 15.5. The number of amides is 4. The van der Waals surface area contributed by atoms with E-state index in [1.807, 2.05) is 60.7 Å². The third-order valence-electron chi connectivity index (χ3n) is 11.6. The lowest BCUT2D eigenvalue weighted by atomic mass is 10.2. The van der Waals surface area contributed by atoms with Gasteiger partial charge >= 0.3 is 5.97 Å². The minimum Gasteiger partial charge on any atom is -0.465 e. The summed E-state index contributed by atoms with van der Waals surface area (Å²) in [6.45, 7) is 0. The van der Waals surface area contributed by atoms with E-state index in [2.05, 4.69) is 91.0 Å². The van der Waals surface area contributed by atoms with E-state index < -0.39 is 5.97 Å². The van der Waals surface area contributed by atoms with Crippen molar-refractivity contribution >= 4 is 145 Å². The van der Waals surface area contributed by atoms with Crippen LogP contribution in [0.2, 0.25) is 0 Å². The fourth-order valence-corrected chi connectivity index (χ4v) is 15.7. The average Bonchev–Trinajstić information content (AvgIpc) is 3.51. The highest BCUT2D eigenvalue weighted by Crippen LogP contribution is 2.38. The van der Waals surface area contributed by atoms with Crippen molar-refractivity contribution in [3.05, 3.63) is 191 Å². The van der Waals surface area contributed by atoms with Gasteiger partial charge in [-0.1, -0.05) is 48.5 Å². The highest BCUT2D eigenvalue weighted by molar-refractivity contribution is 8.14. The Labute approximate surface area is 525 Å². The van der Waals surface area contributed by atoms with Crippen molar-refractivity contribution in [2.75, 3.05) is 63.5 Å². The predicted octanol–water partition coefficient (Wildman–Crippen LogP) is 18.3. The second-order valence-electron chi connectivity index (χ2n) is 19.2. The van der Waals surface area contributed by atoms with Gasteiger partial charge in [-0.05, 0) is 184 Å². The number of hydrogen-bond donors (Lipinski definition) is 0. The maximum absolute atomic E-state index is 13.2. The maximum atomic E-state index is 13.2. The Morgan fingerprint density at radius 1 is 0.293 bits per heavy atom. The molecule has 7 aromatic rings. The highest BCUT2D eigenvalue weighted by Gasteiger charge is 2.15. The van der Waals surface area contributed by atoms with E-state index in [-0.39, 0.29) is 21.0 Å². The molecule has 0 N–H and O–H groups in total. The molecule has 0 aliphatic heterocycles. The van der Waals surface area contributed by atoms with Gasteiger partial charge in [0, 0.05) is 140 Å². The third kappa shape index (κ3) is 21.5. The molecule has 0 saturated heterocycles. The van der Waals surface area contributed by atoms with Crippen LogP contribution in [-0.4, -0.2) is 110 Å². The number of benzene rings is 7. The number of methoxy groups -OCH3 is 1. The number of thioether (sulfide) groups is 10. The van der Waals surface area contributed by atoms with Crippen LogP contribution in [0.1, 0.15) is 43.7 Å². The van der Waals surface area contributed by atoms with Gasteiger partial charge in [-0.3, -0.25) is 19.2 Å². The van der Waals surface area contributed by atoms with Crippen molar-refractivity contribution in [3.63, 3.8) is 0 Å². The molecule has 0 saturated carbocycles. The fourth-order valence-electron chi connectivity index (χ4n) is 7.12. The Balaban J connectivity index is 1.08. The quantitative estimate of drug-likeness (QED) is 0.0447. The Hall–Kier alpha value is -4.61. The van der Waals surface area contributed by atoms with Crippen LogP contribution in [-0.2, 0) is 39.3 Å². The number of carbonyl (C=O) groups excluding carboxylic acids is 5. The zero-order valence-electron chi connectivity index (χ0n) is 47.0. The molecular formula is C62H64N4O6S10. The van der Waals surface area contributed by atoms with Gasteiger partial charge in [-0.25, -0.2) is 4.79 Å². The smallest absolute Gasteiger partial charge is 0.337 e. The molecule has 10 nitrogen and oxygen atoms in total. The van der Waals surface area contributed by atoms with E-state index >= 15 is 0 Å². The van der Waals surface area contributed by atoms with Crippen molar-refractivity contribution in [2.45, 2.75) is 83.5 Å². The summed E-state index contributed by atoms with van der Waals surface area (Å²) < 4.78 is 5.28. The molecule has 0 spiro atoms. The summed E-state index contributed by atoms with van der Waals surface area (Å²) in [6.07, 6.45) is 0. The average molecular weight is 1280 g/mol. The number of carbonyl (C=O) groups is 5. The molecule has 0 aliphatic rings. The van der Waals surface area contributed by atoms with E-state index in [0.717, 1.165) is 105 Å². The van der Waals surface area contributed by atoms with Gasteiger partial charge < -0.3 is 24.3 Å². The molecule has 0 aliphatic carbocycles. The van der Waals surface area contributed by atoms with Crippen LogP contribution in [0.4, 0.5) is 19.2 Å². The lowest BCUT2D eigenvalue weighted by Gasteiger charge is -2.13. The second kappa shape index (κ2) is 32.6. The van der Waals surface area contributed by atoms with Crippen LogP contribution in [0.5, 0.6) is 0 Å². The Morgan fingerprint density at radius 2 is 0.500 bits per heavy atom. The van der Waals surface area contributed by atoms with Gasteiger partial charge in [0.15, 0.2) is 0 Å². The molecule has 7 aromatic carbocycles. The molecule has 82 heavy (non-hydrogen) atoms. The van der Waals surface area contributed by atoms with Crippen LogP contribution < -0.4 is 0 Å². The van der Waals surface area contributed by atoms with Crippen LogP contribution in [0.15, 0.2) is 201 Å². The van der Waals surface area contributed by atoms with E-state index in [1.165, 1.54) is 54.2 Å². The molecule has 0 radical (unpaired) electrons. The summed E-state index contributed by atoms with van der Waals surface area (Å²) in [4.78, 5) is 79.0. The lowest BCUT2D eigenvalue weighted by molar-refractivity contribution is 0.0600. The van der Waals surface area contributed by atoms with Crippen molar-refractivity contribution in [2.24, 2.45) is 0 Å². The minimum atomic E-state index is -0.392. The first-order chi connectivity index (χ1) is 39.3. The molecule has 20 heteroatoms. The number of esters is 1. The number of ether oxygens (including phenoxy) is 1. The predicted molar refractivity (Wildman–Crippen MR) is 354 cm³/mol. The molecular weight excluding hydrogens is 1220 g/mol. The number of hydrogen-bond acceptors (Lipinski definition) is 16. The Morgan fingerprint density at radius 3 is 0.707 bits per heavy atom. The summed E-state index contributed by atoms with van der Waals surface area (Å²) in [5.41, 5.74) is 7.43. The van der Waals surface area contributed by atoms with Crippen LogP contribution >= 0.6 is 118 Å². The Bertz CT molecular complexity index is 2920. The molecule has 0 unspecified atom stereocenters. The van der Waals surface area contributed by atoms with Gasteiger partial charge in [-0.2, -0.15) is 0 Å². The molecule has 0 fully saturated rings. The van der Waals surface area contributed by atoms with E-state index in [9.17, 15) is 24.0 Å². The highest BCUT2D eigenvalue weighted by atomic mass is 32.2. The van der Waals surface area contributed by atoms with Crippen molar-refractivity contribution in [3.8, 4) is 0 Å². The van der Waals surface area contributed by atoms with Gasteiger partial charge in [0.1, 0.15) is 0 Å². The first kappa shape index (κ1) is 64.9. The third-order valence-corrected chi connectivity index (χ3v) is 22.1. The summed E-state index contributed by atoms with van der Waals surface area (Å²) in [6, 6.07) is 52.2. The van der Waals surface area contributed by atoms with Crippen LogP contribution in [0.3, 0.4) is 0 Å². The maximum Gasteiger partial charge on any atom is 0.337 e. The summed E-state index contributed by atoms with van der Waals surface area (Å²) in [5.74, 6) is 3.96. The second-order valence-corrected chi connectivity index (χ2v) is 29.6. The molecule has 0 atom stereocenters. The van der Waals surface area contributed by atoms with Gasteiger partial charge in [0.25, 0.3) is 21.0 Å². The normalized spacial score (nSPS) is 11.0. The van der Waals surface area contributed by atoms with E-state index in [4.69, 9.17) is 4.74 Å². The topological polar surface area (TPSA) is 108 Å². The van der Waals surface area contributed by atoms with Crippen LogP contribution in [0.25, 0.3) is 0 Å². The monoisotopic (exact) mass is 1280 g/mol. The number of rotatable bonds is 23. The molecule has 0 aromatic heterocycles. The molecule has 0 bridgehead atoms. The van der Waals surface area contributed by atoms with Gasteiger partial charge in [0.05, 0.1) is 12.7 Å². The molecule has 4 amide bonds.